The van der Waals surface area contributed by atoms with E-state index >= 15 is 0 Å². The van der Waals surface area contributed by atoms with Crippen molar-refractivity contribution in [1.82, 2.24) is 5.32 Å². The molecule has 1 atom stereocenters. The fourth-order valence-corrected chi connectivity index (χ4v) is 4.50. The van der Waals surface area contributed by atoms with Crippen molar-refractivity contribution >= 4 is 37.1 Å². The van der Waals surface area contributed by atoms with Crippen molar-refractivity contribution in [2.45, 2.75) is 0 Å². The van der Waals surface area contributed by atoms with Crippen molar-refractivity contribution in [3.05, 3.63) is 60.2 Å². The molecule has 0 radical (unpaired) electrons. The summed E-state index contributed by atoms with van der Waals surface area (Å²) in [5.41, 5.74) is 1.49. The first-order chi connectivity index (χ1) is 9.26. The van der Waals surface area contributed by atoms with Crippen LogP contribution in [0.3, 0.4) is 0 Å². The van der Waals surface area contributed by atoms with Crippen LogP contribution in [0, 0.1) is 0 Å². The van der Waals surface area contributed by atoms with Gasteiger partial charge in [-0.3, -0.25) is 4.79 Å². The van der Waals surface area contributed by atoms with Gasteiger partial charge < -0.3 is 5.32 Å². The molecule has 0 aliphatic carbocycles. The third kappa shape index (κ3) is 3.37. The first-order valence-electron chi connectivity index (χ1n) is 6.02. The van der Waals surface area contributed by atoms with Crippen molar-refractivity contribution < 1.29 is 4.79 Å². The Morgan fingerprint density at radius 1 is 1.05 bits per heavy atom. The van der Waals surface area contributed by atoms with E-state index in [1.807, 2.05) is 42.5 Å². The van der Waals surface area contributed by atoms with E-state index in [-0.39, 0.29) is 5.91 Å². The second-order valence-electron chi connectivity index (χ2n) is 4.03. The van der Waals surface area contributed by atoms with Crippen molar-refractivity contribution in [2.75, 3.05) is 12.5 Å². The largest absolute Gasteiger partial charge is 0.355 e. The lowest BCUT2D eigenvalue weighted by Crippen LogP contribution is -2.19. The highest BCUT2D eigenvalue weighted by Gasteiger charge is 2.12. The molecule has 2 aromatic carbocycles. The average molecular weight is 289 g/mol. The van der Waals surface area contributed by atoms with Crippen LogP contribution in [0.1, 0.15) is 10.4 Å². The third-order valence-electron chi connectivity index (χ3n) is 2.88. The van der Waals surface area contributed by atoms with E-state index < -0.39 is 7.92 Å². The van der Waals surface area contributed by atoms with Gasteiger partial charge in [0.1, 0.15) is 0 Å². The number of nitrogens with one attached hydrogen (secondary N) is 1. The highest BCUT2D eigenvalue weighted by atomic mass is 32.1. The van der Waals surface area contributed by atoms with Gasteiger partial charge in [-0.05, 0) is 30.7 Å². The minimum absolute atomic E-state index is 0.0542. The molecule has 2 aromatic rings. The van der Waals surface area contributed by atoms with Crippen molar-refractivity contribution in [3.63, 3.8) is 0 Å². The summed E-state index contributed by atoms with van der Waals surface area (Å²) in [5, 5.41) is 5.17. The summed E-state index contributed by atoms with van der Waals surface area (Å²) in [5.74, 6) is -0.0542. The summed E-state index contributed by atoms with van der Waals surface area (Å²) in [6.45, 7) is 0. The maximum Gasteiger partial charge on any atom is 0.251 e. The summed E-state index contributed by atoms with van der Waals surface area (Å²) >= 11 is 4.47. The molecule has 0 fully saturated rings. The molecule has 0 aliphatic heterocycles. The Morgan fingerprint density at radius 3 is 2.16 bits per heavy atom. The highest BCUT2D eigenvalue weighted by molar-refractivity contribution is 7.93. The quantitative estimate of drug-likeness (QED) is 0.656. The minimum Gasteiger partial charge on any atom is -0.355 e. The lowest BCUT2D eigenvalue weighted by Gasteiger charge is -2.16. The van der Waals surface area contributed by atoms with Gasteiger partial charge >= 0.3 is 0 Å². The van der Waals surface area contributed by atoms with Crippen molar-refractivity contribution in [3.8, 4) is 0 Å². The third-order valence-corrected chi connectivity index (χ3v) is 5.85. The Kier molecular flexibility index (Phi) is 5.00. The summed E-state index contributed by atoms with van der Waals surface area (Å²) < 4.78 is 0. The maximum atomic E-state index is 11.5. The standard InChI is InChI=1S/C15H16NOPS/c1-16-15(17)12-7-9-14(10-8-12)18(11-19)13-5-3-2-4-6-13/h2-10,19H,11H2,1H3,(H,16,17). The molecule has 2 nitrogen and oxygen atoms in total. The van der Waals surface area contributed by atoms with Crippen LogP contribution in [-0.4, -0.2) is 18.4 Å². The predicted octanol–water partition coefficient (Wildman–Crippen LogP) is 2.37. The normalized spacial score (nSPS) is 11.9. The van der Waals surface area contributed by atoms with E-state index in [4.69, 9.17) is 0 Å². The highest BCUT2D eigenvalue weighted by Crippen LogP contribution is 2.34. The van der Waals surface area contributed by atoms with Gasteiger partial charge in [0.05, 0.1) is 0 Å². The zero-order valence-corrected chi connectivity index (χ0v) is 12.5. The molecular formula is C15H16NOPS. The molecule has 0 aliphatic rings. The molecule has 0 spiro atoms. The first-order valence-corrected chi connectivity index (χ1v) is 8.18. The Morgan fingerprint density at radius 2 is 1.63 bits per heavy atom. The fraction of sp³-hybridized carbons (Fsp3) is 0.133. The number of carbonyl (C=O) groups excluding carboxylic acids is 1. The molecule has 4 heteroatoms. The number of rotatable bonds is 4. The predicted molar refractivity (Wildman–Crippen MR) is 86.3 cm³/mol. The number of hydrogen-bond acceptors (Lipinski definition) is 2. The van der Waals surface area contributed by atoms with Crippen molar-refractivity contribution in [1.29, 1.82) is 0 Å². The zero-order chi connectivity index (χ0) is 13.7. The van der Waals surface area contributed by atoms with Gasteiger partial charge in [0.2, 0.25) is 0 Å². The first kappa shape index (κ1) is 14.1. The number of benzene rings is 2. The van der Waals surface area contributed by atoms with Gasteiger partial charge in [0.25, 0.3) is 5.91 Å². The molecule has 98 valence electrons. The van der Waals surface area contributed by atoms with Crippen LogP contribution in [0.25, 0.3) is 0 Å². The molecular weight excluding hydrogens is 273 g/mol. The number of thiol groups is 1. The van der Waals surface area contributed by atoms with Crippen LogP contribution in [0.15, 0.2) is 54.6 Å². The topological polar surface area (TPSA) is 29.1 Å². The second kappa shape index (κ2) is 6.74. The van der Waals surface area contributed by atoms with Gasteiger partial charge in [0.15, 0.2) is 0 Å². The number of hydrogen-bond donors (Lipinski definition) is 2. The van der Waals surface area contributed by atoms with Crippen LogP contribution in [0.5, 0.6) is 0 Å². The Labute approximate surface area is 120 Å². The van der Waals surface area contributed by atoms with Crippen LogP contribution >= 0.6 is 20.6 Å². The monoisotopic (exact) mass is 289 g/mol. The van der Waals surface area contributed by atoms with E-state index in [1.54, 1.807) is 7.05 Å². The Bertz CT molecular complexity index is 542. The lowest BCUT2D eigenvalue weighted by molar-refractivity contribution is 0.0963. The molecule has 19 heavy (non-hydrogen) atoms. The molecule has 2 rings (SSSR count). The summed E-state index contributed by atoms with van der Waals surface area (Å²) in [7, 11) is 1.19. The van der Waals surface area contributed by atoms with E-state index in [0.717, 1.165) is 5.49 Å². The van der Waals surface area contributed by atoms with E-state index in [9.17, 15) is 4.79 Å². The molecule has 0 bridgehead atoms. The Hall–Kier alpha value is -1.31. The molecule has 0 saturated carbocycles. The molecule has 1 unspecified atom stereocenters. The molecule has 0 saturated heterocycles. The SMILES string of the molecule is CNC(=O)c1ccc(P(CS)c2ccccc2)cc1. The van der Waals surface area contributed by atoms with Gasteiger partial charge in [-0.25, -0.2) is 0 Å². The second-order valence-corrected chi connectivity index (χ2v) is 7.05. The van der Waals surface area contributed by atoms with E-state index in [1.165, 1.54) is 10.6 Å². The summed E-state index contributed by atoms with van der Waals surface area (Å²) in [6, 6.07) is 18.2. The van der Waals surface area contributed by atoms with Crippen LogP contribution < -0.4 is 15.9 Å². The molecule has 1 amide bonds. The maximum absolute atomic E-state index is 11.5. The van der Waals surface area contributed by atoms with Crippen LogP contribution in [0.4, 0.5) is 0 Å². The van der Waals surface area contributed by atoms with Crippen LogP contribution in [0.2, 0.25) is 0 Å². The van der Waals surface area contributed by atoms with Gasteiger partial charge in [-0.15, -0.1) is 0 Å². The number of amides is 1. The lowest BCUT2D eigenvalue weighted by atomic mass is 10.2. The van der Waals surface area contributed by atoms with E-state index in [2.05, 4.69) is 30.1 Å². The van der Waals surface area contributed by atoms with Gasteiger partial charge in [0, 0.05) is 18.1 Å². The fourth-order valence-electron chi connectivity index (χ4n) is 1.86. The van der Waals surface area contributed by atoms with Crippen molar-refractivity contribution in [2.24, 2.45) is 0 Å². The minimum atomic E-state index is -0.452. The summed E-state index contributed by atoms with van der Waals surface area (Å²) in [6.07, 6.45) is 0. The Balaban J connectivity index is 2.27. The number of carbonyl (C=O) groups is 1. The van der Waals surface area contributed by atoms with Gasteiger partial charge in [-0.2, -0.15) is 12.6 Å². The zero-order valence-electron chi connectivity index (χ0n) is 10.7. The average Bonchev–Trinajstić information content (AvgIpc) is 2.49. The molecule has 1 N–H and O–H groups in total. The molecule has 0 aromatic heterocycles. The van der Waals surface area contributed by atoms with Crippen LogP contribution in [-0.2, 0) is 0 Å². The van der Waals surface area contributed by atoms with Gasteiger partial charge in [-0.1, -0.05) is 42.5 Å². The summed E-state index contributed by atoms with van der Waals surface area (Å²) in [4.78, 5) is 11.5. The smallest absolute Gasteiger partial charge is 0.251 e. The van der Waals surface area contributed by atoms with E-state index in [0.29, 0.717) is 5.56 Å². The molecule has 0 heterocycles.